The summed E-state index contributed by atoms with van der Waals surface area (Å²) in [6, 6.07) is 10.5. The Kier molecular flexibility index (Phi) is 5.99. The fourth-order valence-electron chi connectivity index (χ4n) is 2.55. The summed E-state index contributed by atoms with van der Waals surface area (Å²) in [6.45, 7) is 5.06. The smallest absolute Gasteiger partial charge is 0.123 e. The summed E-state index contributed by atoms with van der Waals surface area (Å²) in [5.41, 5.74) is 9.10. The molecule has 0 saturated heterocycles. The number of halogens is 1. The lowest BCUT2D eigenvalue weighted by Gasteiger charge is -2.19. The van der Waals surface area contributed by atoms with Crippen LogP contribution >= 0.6 is 0 Å². The SMILES string of the molecule is COc1ccc(F)cc1C(CN)CCOc1ccc(C)c(C)c1. The van der Waals surface area contributed by atoms with Crippen LogP contribution in [0.5, 0.6) is 11.5 Å². The summed E-state index contributed by atoms with van der Waals surface area (Å²) in [5.74, 6) is 1.21. The molecule has 0 aromatic heterocycles. The predicted molar refractivity (Wildman–Crippen MR) is 90.8 cm³/mol. The number of aryl methyl sites for hydroxylation is 2. The van der Waals surface area contributed by atoms with Gasteiger partial charge >= 0.3 is 0 Å². The molecular weight excluding hydrogens is 293 g/mol. The van der Waals surface area contributed by atoms with Crippen LogP contribution in [-0.2, 0) is 0 Å². The van der Waals surface area contributed by atoms with Crippen LogP contribution in [0.15, 0.2) is 36.4 Å². The van der Waals surface area contributed by atoms with Gasteiger partial charge in [0.2, 0.25) is 0 Å². The van der Waals surface area contributed by atoms with Crippen LogP contribution in [-0.4, -0.2) is 20.3 Å². The minimum absolute atomic E-state index is 0.00723. The van der Waals surface area contributed by atoms with Gasteiger partial charge in [-0.1, -0.05) is 6.07 Å². The van der Waals surface area contributed by atoms with Crippen molar-refractivity contribution in [3.8, 4) is 11.5 Å². The van der Waals surface area contributed by atoms with Gasteiger partial charge in [-0.2, -0.15) is 0 Å². The van der Waals surface area contributed by atoms with Crippen molar-refractivity contribution >= 4 is 0 Å². The first-order chi connectivity index (χ1) is 11.0. The Hall–Kier alpha value is -2.07. The highest BCUT2D eigenvalue weighted by atomic mass is 19.1. The maximum Gasteiger partial charge on any atom is 0.123 e. The van der Waals surface area contributed by atoms with Gasteiger partial charge in [-0.15, -0.1) is 0 Å². The monoisotopic (exact) mass is 317 g/mol. The third-order valence-electron chi connectivity index (χ3n) is 4.13. The third kappa shape index (κ3) is 4.45. The van der Waals surface area contributed by atoms with E-state index in [0.717, 1.165) is 11.3 Å². The molecule has 0 spiro atoms. The number of hydrogen-bond donors (Lipinski definition) is 1. The zero-order valence-electron chi connectivity index (χ0n) is 13.9. The molecule has 2 rings (SSSR count). The van der Waals surface area contributed by atoms with E-state index in [1.54, 1.807) is 13.2 Å². The van der Waals surface area contributed by atoms with Crippen molar-refractivity contribution in [1.82, 2.24) is 0 Å². The average molecular weight is 317 g/mol. The van der Waals surface area contributed by atoms with Crippen molar-refractivity contribution in [2.75, 3.05) is 20.3 Å². The Morgan fingerprint density at radius 2 is 1.87 bits per heavy atom. The Bertz CT molecular complexity index is 658. The van der Waals surface area contributed by atoms with Crippen molar-refractivity contribution in [3.63, 3.8) is 0 Å². The van der Waals surface area contributed by atoms with Crippen LogP contribution in [0.25, 0.3) is 0 Å². The number of ether oxygens (including phenoxy) is 2. The molecule has 0 aliphatic heterocycles. The molecule has 0 saturated carbocycles. The zero-order valence-corrected chi connectivity index (χ0v) is 13.9. The van der Waals surface area contributed by atoms with Gasteiger partial charge in [0.15, 0.2) is 0 Å². The second-order valence-corrected chi connectivity index (χ2v) is 5.70. The molecular formula is C19H24FNO2. The molecule has 4 heteroatoms. The fraction of sp³-hybridized carbons (Fsp3) is 0.368. The van der Waals surface area contributed by atoms with Gasteiger partial charge in [-0.25, -0.2) is 4.39 Å². The van der Waals surface area contributed by atoms with Crippen LogP contribution < -0.4 is 15.2 Å². The normalized spacial score (nSPS) is 12.0. The van der Waals surface area contributed by atoms with Gasteiger partial charge in [0.25, 0.3) is 0 Å². The van der Waals surface area contributed by atoms with Crippen molar-refractivity contribution < 1.29 is 13.9 Å². The van der Waals surface area contributed by atoms with Gasteiger partial charge in [-0.05, 0) is 68.3 Å². The van der Waals surface area contributed by atoms with Gasteiger partial charge in [-0.3, -0.25) is 0 Å². The van der Waals surface area contributed by atoms with E-state index in [1.165, 1.54) is 23.3 Å². The van der Waals surface area contributed by atoms with E-state index in [0.29, 0.717) is 25.3 Å². The Morgan fingerprint density at radius 1 is 1.09 bits per heavy atom. The van der Waals surface area contributed by atoms with Crippen molar-refractivity contribution in [3.05, 3.63) is 58.9 Å². The van der Waals surface area contributed by atoms with E-state index in [-0.39, 0.29) is 11.7 Å². The first-order valence-corrected chi connectivity index (χ1v) is 7.78. The fourth-order valence-corrected chi connectivity index (χ4v) is 2.55. The lowest BCUT2D eigenvalue weighted by Crippen LogP contribution is -2.16. The lowest BCUT2D eigenvalue weighted by molar-refractivity contribution is 0.296. The van der Waals surface area contributed by atoms with Crippen LogP contribution in [0, 0.1) is 19.7 Å². The maximum atomic E-state index is 13.5. The molecule has 0 aliphatic rings. The van der Waals surface area contributed by atoms with E-state index < -0.39 is 0 Å². The Balaban J connectivity index is 2.02. The molecule has 124 valence electrons. The average Bonchev–Trinajstić information content (AvgIpc) is 2.55. The summed E-state index contributed by atoms with van der Waals surface area (Å²) in [6.07, 6.45) is 0.698. The van der Waals surface area contributed by atoms with Crippen LogP contribution in [0.3, 0.4) is 0 Å². The number of methoxy groups -OCH3 is 1. The van der Waals surface area contributed by atoms with Crippen LogP contribution in [0.4, 0.5) is 4.39 Å². The van der Waals surface area contributed by atoms with Gasteiger partial charge in [0, 0.05) is 11.5 Å². The molecule has 0 heterocycles. The summed E-state index contributed by atoms with van der Waals surface area (Å²) >= 11 is 0. The van der Waals surface area contributed by atoms with E-state index in [2.05, 4.69) is 13.8 Å². The second kappa shape index (κ2) is 7.97. The van der Waals surface area contributed by atoms with Crippen molar-refractivity contribution in [2.24, 2.45) is 5.73 Å². The molecule has 0 amide bonds. The molecule has 2 aromatic rings. The first kappa shape index (κ1) is 17.3. The molecule has 3 nitrogen and oxygen atoms in total. The van der Waals surface area contributed by atoms with Crippen LogP contribution in [0.2, 0.25) is 0 Å². The summed E-state index contributed by atoms with van der Waals surface area (Å²) < 4.78 is 24.6. The Morgan fingerprint density at radius 3 is 2.52 bits per heavy atom. The molecule has 1 unspecified atom stereocenters. The quantitative estimate of drug-likeness (QED) is 0.840. The molecule has 0 aliphatic carbocycles. The molecule has 2 aromatic carbocycles. The van der Waals surface area contributed by atoms with Gasteiger partial charge in [0.05, 0.1) is 13.7 Å². The molecule has 23 heavy (non-hydrogen) atoms. The molecule has 1 atom stereocenters. The van der Waals surface area contributed by atoms with Crippen molar-refractivity contribution in [2.45, 2.75) is 26.2 Å². The predicted octanol–water partition coefficient (Wildman–Crippen LogP) is 3.96. The first-order valence-electron chi connectivity index (χ1n) is 7.78. The highest BCUT2D eigenvalue weighted by Gasteiger charge is 2.16. The second-order valence-electron chi connectivity index (χ2n) is 5.70. The Labute approximate surface area is 137 Å². The van der Waals surface area contributed by atoms with E-state index >= 15 is 0 Å². The van der Waals surface area contributed by atoms with E-state index in [4.69, 9.17) is 15.2 Å². The molecule has 0 fully saturated rings. The zero-order chi connectivity index (χ0) is 16.8. The number of rotatable bonds is 7. The lowest BCUT2D eigenvalue weighted by atomic mass is 9.95. The largest absolute Gasteiger partial charge is 0.496 e. The third-order valence-corrected chi connectivity index (χ3v) is 4.13. The topological polar surface area (TPSA) is 44.5 Å². The molecule has 2 N–H and O–H groups in total. The highest BCUT2D eigenvalue weighted by Crippen LogP contribution is 2.29. The van der Waals surface area contributed by atoms with E-state index in [9.17, 15) is 4.39 Å². The van der Waals surface area contributed by atoms with Crippen molar-refractivity contribution in [1.29, 1.82) is 0 Å². The minimum Gasteiger partial charge on any atom is -0.496 e. The standard InChI is InChI=1S/C19H24FNO2/c1-13-4-6-17(10-14(13)2)23-9-8-15(12-21)18-11-16(20)5-7-19(18)22-3/h4-7,10-11,15H,8-9,12,21H2,1-3H3. The molecule has 0 bridgehead atoms. The number of nitrogens with two attached hydrogens (primary N) is 1. The number of benzene rings is 2. The summed E-state index contributed by atoms with van der Waals surface area (Å²) in [5, 5.41) is 0. The van der Waals surface area contributed by atoms with Gasteiger partial charge < -0.3 is 15.2 Å². The number of hydrogen-bond acceptors (Lipinski definition) is 3. The highest BCUT2D eigenvalue weighted by molar-refractivity contribution is 5.37. The van der Waals surface area contributed by atoms with Crippen LogP contribution in [0.1, 0.15) is 29.0 Å². The minimum atomic E-state index is -0.283. The van der Waals surface area contributed by atoms with E-state index in [1.807, 2.05) is 18.2 Å². The molecule has 0 radical (unpaired) electrons. The summed E-state index contributed by atoms with van der Waals surface area (Å²) in [4.78, 5) is 0. The van der Waals surface area contributed by atoms with Gasteiger partial charge in [0.1, 0.15) is 17.3 Å². The summed E-state index contributed by atoms with van der Waals surface area (Å²) in [7, 11) is 1.58. The maximum absolute atomic E-state index is 13.5.